The van der Waals surface area contributed by atoms with Gasteiger partial charge in [-0.2, -0.15) is 0 Å². The molecule has 0 saturated carbocycles. The number of nitrogens with one attached hydrogen (secondary N) is 2. The predicted octanol–water partition coefficient (Wildman–Crippen LogP) is 1.53. The van der Waals surface area contributed by atoms with Crippen molar-refractivity contribution in [2.75, 3.05) is 20.3 Å². The molecule has 3 nitrogen and oxygen atoms in total. The Morgan fingerprint density at radius 3 is 2.50 bits per heavy atom. The van der Waals surface area contributed by atoms with E-state index in [0.717, 1.165) is 18.1 Å². The highest BCUT2D eigenvalue weighted by atomic mass is 32.1. The van der Waals surface area contributed by atoms with Gasteiger partial charge in [-0.1, -0.05) is 13.8 Å². The molecule has 0 heterocycles. The third kappa shape index (κ3) is 8.26. The van der Waals surface area contributed by atoms with Crippen molar-refractivity contribution in [3.05, 3.63) is 0 Å². The maximum absolute atomic E-state index is 5.12. The fraction of sp³-hybridized carbons (Fsp3) is 0.900. The van der Waals surface area contributed by atoms with E-state index in [9.17, 15) is 0 Å². The van der Waals surface area contributed by atoms with Gasteiger partial charge in [0.1, 0.15) is 0 Å². The molecule has 14 heavy (non-hydrogen) atoms. The lowest BCUT2D eigenvalue weighted by molar-refractivity contribution is 0.179. The van der Waals surface area contributed by atoms with Crippen molar-refractivity contribution in [2.45, 2.75) is 33.2 Å². The van der Waals surface area contributed by atoms with E-state index < -0.39 is 0 Å². The molecule has 0 rings (SSSR count). The van der Waals surface area contributed by atoms with E-state index in [4.69, 9.17) is 17.0 Å². The molecular formula is C10H22N2OS. The van der Waals surface area contributed by atoms with Crippen LogP contribution < -0.4 is 10.6 Å². The Bertz CT molecular complexity index is 162. The summed E-state index contributed by atoms with van der Waals surface area (Å²) in [5.41, 5.74) is 0. The van der Waals surface area contributed by atoms with Crippen LogP contribution in [0.3, 0.4) is 0 Å². The van der Waals surface area contributed by atoms with Gasteiger partial charge in [0.05, 0.1) is 6.61 Å². The minimum Gasteiger partial charge on any atom is -0.383 e. The van der Waals surface area contributed by atoms with E-state index in [1.807, 2.05) is 6.92 Å². The molecule has 0 fully saturated rings. The average molecular weight is 218 g/mol. The fourth-order valence-electron chi connectivity index (χ4n) is 1.04. The zero-order valence-electron chi connectivity index (χ0n) is 9.59. The Hall–Kier alpha value is -0.350. The minimum atomic E-state index is 0.263. The molecule has 84 valence electrons. The van der Waals surface area contributed by atoms with E-state index in [0.29, 0.717) is 12.5 Å². The summed E-state index contributed by atoms with van der Waals surface area (Å²) in [5.74, 6) is 0.710. The summed E-state index contributed by atoms with van der Waals surface area (Å²) in [6.07, 6.45) is 1.14. The van der Waals surface area contributed by atoms with Crippen molar-refractivity contribution >= 4 is 17.3 Å². The van der Waals surface area contributed by atoms with Crippen molar-refractivity contribution < 1.29 is 4.74 Å². The molecule has 0 aromatic rings. The third-order valence-electron chi connectivity index (χ3n) is 1.80. The molecular weight excluding hydrogens is 196 g/mol. The summed E-state index contributed by atoms with van der Waals surface area (Å²) in [5, 5.41) is 7.04. The number of methoxy groups -OCH3 is 1. The standard InChI is InChI=1S/C10H22N2OS/c1-8(2)5-6-11-10(14)12-9(3)7-13-4/h8-9H,5-7H2,1-4H3,(H2,11,12,14). The van der Waals surface area contributed by atoms with Gasteiger partial charge >= 0.3 is 0 Å². The van der Waals surface area contributed by atoms with E-state index in [1.54, 1.807) is 7.11 Å². The SMILES string of the molecule is COCC(C)NC(=S)NCCC(C)C. The Kier molecular flexibility index (Phi) is 7.80. The molecule has 0 radical (unpaired) electrons. The highest BCUT2D eigenvalue weighted by Gasteiger charge is 2.02. The highest BCUT2D eigenvalue weighted by Crippen LogP contribution is 1.96. The largest absolute Gasteiger partial charge is 0.383 e. The monoisotopic (exact) mass is 218 g/mol. The van der Waals surface area contributed by atoms with Gasteiger partial charge < -0.3 is 15.4 Å². The summed E-state index contributed by atoms with van der Waals surface area (Å²) in [6.45, 7) is 8.05. The topological polar surface area (TPSA) is 33.3 Å². The lowest BCUT2D eigenvalue weighted by Crippen LogP contribution is -2.42. The maximum Gasteiger partial charge on any atom is 0.166 e. The first kappa shape index (κ1) is 13.7. The average Bonchev–Trinajstić information content (AvgIpc) is 2.03. The van der Waals surface area contributed by atoms with Crippen LogP contribution in [0.1, 0.15) is 27.2 Å². The van der Waals surface area contributed by atoms with Crippen molar-refractivity contribution in [1.82, 2.24) is 10.6 Å². The molecule has 0 aliphatic carbocycles. The van der Waals surface area contributed by atoms with Gasteiger partial charge in [0.2, 0.25) is 0 Å². The summed E-state index contributed by atoms with van der Waals surface area (Å²) < 4.78 is 5.00. The minimum absolute atomic E-state index is 0.263. The number of rotatable bonds is 6. The molecule has 0 spiro atoms. The highest BCUT2D eigenvalue weighted by molar-refractivity contribution is 7.80. The van der Waals surface area contributed by atoms with Crippen LogP contribution in [0.25, 0.3) is 0 Å². The third-order valence-corrected chi connectivity index (χ3v) is 2.06. The van der Waals surface area contributed by atoms with Crippen LogP contribution in [0.15, 0.2) is 0 Å². The van der Waals surface area contributed by atoms with E-state index in [2.05, 4.69) is 24.5 Å². The van der Waals surface area contributed by atoms with Crippen molar-refractivity contribution in [3.8, 4) is 0 Å². The summed E-state index contributed by atoms with van der Waals surface area (Å²) >= 11 is 5.12. The molecule has 1 unspecified atom stereocenters. The van der Waals surface area contributed by atoms with Crippen LogP contribution in [-0.4, -0.2) is 31.4 Å². The zero-order valence-corrected chi connectivity index (χ0v) is 10.4. The molecule has 0 bridgehead atoms. The molecule has 0 amide bonds. The van der Waals surface area contributed by atoms with Crippen LogP contribution in [-0.2, 0) is 4.74 Å². The first-order chi connectivity index (χ1) is 6.56. The molecule has 0 aromatic carbocycles. The van der Waals surface area contributed by atoms with Gasteiger partial charge in [0, 0.05) is 19.7 Å². The van der Waals surface area contributed by atoms with Crippen LogP contribution in [0, 0.1) is 5.92 Å². The zero-order chi connectivity index (χ0) is 11.0. The van der Waals surface area contributed by atoms with Crippen molar-refractivity contribution in [3.63, 3.8) is 0 Å². The second-order valence-electron chi connectivity index (χ2n) is 3.94. The van der Waals surface area contributed by atoms with Gasteiger partial charge in [0.25, 0.3) is 0 Å². The van der Waals surface area contributed by atoms with E-state index in [-0.39, 0.29) is 6.04 Å². The van der Waals surface area contributed by atoms with Gasteiger partial charge in [-0.05, 0) is 31.5 Å². The number of thiocarbonyl (C=S) groups is 1. The fourth-order valence-corrected chi connectivity index (χ4v) is 1.34. The van der Waals surface area contributed by atoms with Crippen LogP contribution in [0.5, 0.6) is 0 Å². The van der Waals surface area contributed by atoms with Crippen LogP contribution >= 0.6 is 12.2 Å². The number of hydrogen-bond acceptors (Lipinski definition) is 2. The lowest BCUT2D eigenvalue weighted by atomic mass is 10.1. The Balaban J connectivity index is 3.45. The lowest BCUT2D eigenvalue weighted by Gasteiger charge is -2.16. The predicted molar refractivity (Wildman–Crippen MR) is 64.5 cm³/mol. The van der Waals surface area contributed by atoms with Crippen molar-refractivity contribution in [1.29, 1.82) is 0 Å². The second-order valence-corrected chi connectivity index (χ2v) is 4.35. The molecule has 0 aliphatic rings. The van der Waals surface area contributed by atoms with Crippen LogP contribution in [0.4, 0.5) is 0 Å². The molecule has 0 saturated heterocycles. The second kappa shape index (κ2) is 8.00. The van der Waals surface area contributed by atoms with Gasteiger partial charge in [0.15, 0.2) is 5.11 Å². The van der Waals surface area contributed by atoms with Gasteiger partial charge in [-0.3, -0.25) is 0 Å². The smallest absolute Gasteiger partial charge is 0.166 e. The van der Waals surface area contributed by atoms with Gasteiger partial charge in [-0.25, -0.2) is 0 Å². The molecule has 2 N–H and O–H groups in total. The first-order valence-corrected chi connectivity index (χ1v) is 5.50. The molecule has 1 atom stereocenters. The Morgan fingerprint density at radius 1 is 1.36 bits per heavy atom. The van der Waals surface area contributed by atoms with Crippen molar-refractivity contribution in [2.24, 2.45) is 5.92 Å². The first-order valence-electron chi connectivity index (χ1n) is 5.09. The van der Waals surface area contributed by atoms with E-state index in [1.165, 1.54) is 0 Å². The number of hydrogen-bond donors (Lipinski definition) is 2. The summed E-state index contributed by atoms with van der Waals surface area (Å²) in [7, 11) is 1.69. The Labute approximate surface area is 92.6 Å². The van der Waals surface area contributed by atoms with E-state index >= 15 is 0 Å². The molecule has 0 aromatic heterocycles. The number of ether oxygens (including phenoxy) is 1. The summed E-state index contributed by atoms with van der Waals surface area (Å²) in [4.78, 5) is 0. The maximum atomic E-state index is 5.12. The van der Waals surface area contributed by atoms with Crippen LogP contribution in [0.2, 0.25) is 0 Å². The normalized spacial score (nSPS) is 12.6. The van der Waals surface area contributed by atoms with Gasteiger partial charge in [-0.15, -0.1) is 0 Å². The Morgan fingerprint density at radius 2 is 2.00 bits per heavy atom. The molecule has 0 aliphatic heterocycles. The quantitative estimate of drug-likeness (QED) is 0.663. The molecule has 4 heteroatoms. The summed E-state index contributed by atoms with van der Waals surface area (Å²) in [6, 6.07) is 0.263.